The van der Waals surface area contributed by atoms with Crippen LogP contribution in [0.3, 0.4) is 0 Å². The van der Waals surface area contributed by atoms with Crippen LogP contribution < -0.4 is 16.0 Å². The molecule has 0 atom stereocenters. The summed E-state index contributed by atoms with van der Waals surface area (Å²) in [6.45, 7) is 4.71. The van der Waals surface area contributed by atoms with Crippen molar-refractivity contribution in [3.63, 3.8) is 0 Å². The lowest BCUT2D eigenvalue weighted by Crippen LogP contribution is -2.54. The number of nitrogens with one attached hydrogen (secondary N) is 1. The fraction of sp³-hybridized carbons (Fsp3) is 0.360. The second-order valence-electron chi connectivity index (χ2n) is 8.71. The van der Waals surface area contributed by atoms with Crippen molar-refractivity contribution in [2.45, 2.75) is 38.6 Å². The third kappa shape index (κ3) is 5.24. The first kappa shape index (κ1) is 22.4. The molecule has 1 heterocycles. The minimum atomic E-state index is -0.914. The van der Waals surface area contributed by atoms with E-state index in [2.05, 4.69) is 40.6 Å². The van der Waals surface area contributed by atoms with E-state index in [4.69, 9.17) is 5.73 Å². The monoisotopic (exact) mass is 417 g/mol. The summed E-state index contributed by atoms with van der Waals surface area (Å²) in [5, 5.41) is 12.7. The molecule has 2 amide bonds. The largest absolute Gasteiger partial charge is 0.371 e. The normalized spacial score (nSPS) is 15.7. The summed E-state index contributed by atoms with van der Waals surface area (Å²) in [7, 11) is 0. The lowest BCUT2D eigenvalue weighted by Gasteiger charge is -2.39. The molecule has 0 aromatic heterocycles. The predicted octanol–water partition coefficient (Wildman–Crippen LogP) is 3.44. The number of piperidine rings is 1. The summed E-state index contributed by atoms with van der Waals surface area (Å²) in [6.07, 6.45) is 2.68. The van der Waals surface area contributed by atoms with Gasteiger partial charge in [0, 0.05) is 42.6 Å². The molecule has 1 aliphatic rings. The molecule has 0 spiro atoms. The molecular formula is C25H29N4O2. The van der Waals surface area contributed by atoms with E-state index in [-0.39, 0.29) is 12.3 Å². The molecule has 0 bridgehead atoms. The summed E-state index contributed by atoms with van der Waals surface area (Å²) in [4.78, 5) is 26.2. The van der Waals surface area contributed by atoms with Crippen molar-refractivity contribution in [2.24, 2.45) is 11.1 Å². The predicted molar refractivity (Wildman–Crippen MR) is 122 cm³/mol. The third-order valence-electron chi connectivity index (χ3n) is 5.99. The summed E-state index contributed by atoms with van der Waals surface area (Å²) in [6, 6.07) is 20.8. The van der Waals surface area contributed by atoms with E-state index in [1.807, 2.05) is 30.3 Å². The van der Waals surface area contributed by atoms with Crippen molar-refractivity contribution in [3.05, 3.63) is 61.0 Å². The molecule has 6 heteroatoms. The summed E-state index contributed by atoms with van der Waals surface area (Å²) < 4.78 is 0. The quantitative estimate of drug-likeness (QED) is 0.721. The number of hydrogen-bond donors (Lipinski definition) is 2. The van der Waals surface area contributed by atoms with Crippen molar-refractivity contribution >= 4 is 17.5 Å². The Hall–Kier alpha value is -3.33. The highest BCUT2D eigenvalue weighted by molar-refractivity contribution is 5.88. The molecule has 1 aliphatic heterocycles. The zero-order chi connectivity index (χ0) is 22.5. The molecule has 2 aromatic carbocycles. The number of primary amides is 1. The molecule has 161 valence electrons. The van der Waals surface area contributed by atoms with Crippen molar-refractivity contribution in [1.29, 1.82) is 5.26 Å². The van der Waals surface area contributed by atoms with Gasteiger partial charge in [0.2, 0.25) is 11.8 Å². The van der Waals surface area contributed by atoms with E-state index in [0.717, 1.165) is 16.8 Å². The average Bonchev–Trinajstić information content (AvgIpc) is 2.79. The minimum absolute atomic E-state index is 0.228. The van der Waals surface area contributed by atoms with Gasteiger partial charge in [0.25, 0.3) is 0 Å². The third-order valence-corrected chi connectivity index (χ3v) is 5.99. The van der Waals surface area contributed by atoms with Crippen LogP contribution in [0.1, 0.15) is 33.1 Å². The number of carbonyl (C=O) groups excluding carboxylic acids is 2. The van der Waals surface area contributed by atoms with Gasteiger partial charge in [-0.25, -0.2) is 0 Å². The maximum Gasteiger partial charge on any atom is 0.225 e. The van der Waals surface area contributed by atoms with Gasteiger partial charge in [-0.15, -0.1) is 0 Å². The molecule has 6 nitrogen and oxygen atoms in total. The van der Waals surface area contributed by atoms with Crippen LogP contribution in [0.4, 0.5) is 5.69 Å². The van der Waals surface area contributed by atoms with Crippen molar-refractivity contribution in [3.8, 4) is 17.2 Å². The molecule has 3 N–H and O–H groups in total. The fourth-order valence-corrected chi connectivity index (χ4v) is 3.74. The van der Waals surface area contributed by atoms with Crippen LogP contribution in [0, 0.1) is 23.2 Å². The molecule has 1 radical (unpaired) electrons. The highest BCUT2D eigenvalue weighted by Crippen LogP contribution is 2.34. The number of benzene rings is 2. The lowest BCUT2D eigenvalue weighted by molar-refractivity contribution is -0.126. The number of amides is 2. The SMILES string of the molecule is CC(C)(C[CH]C(=O)NC1(C#N)CCN(c2ccccc2-c2ccccc2)CC1)C(N)=O. The minimum Gasteiger partial charge on any atom is -0.371 e. The highest BCUT2D eigenvalue weighted by Gasteiger charge is 2.37. The van der Waals surface area contributed by atoms with Crippen LogP contribution in [-0.4, -0.2) is 30.4 Å². The Kier molecular flexibility index (Phi) is 6.65. The zero-order valence-corrected chi connectivity index (χ0v) is 18.1. The molecule has 2 aromatic rings. The summed E-state index contributed by atoms with van der Waals surface area (Å²) in [5.41, 5.74) is 7.08. The molecule has 0 saturated carbocycles. The van der Waals surface area contributed by atoms with Gasteiger partial charge in [0.15, 0.2) is 0 Å². The standard InChI is InChI=1S/C25H29N4O2/c1-24(2,23(27)31)13-12-22(30)28-25(18-26)14-16-29(17-15-25)21-11-7-6-10-20(21)19-8-4-3-5-9-19/h3-12H,13-17H2,1-2H3,(H2,27,31)(H,28,30). The molecule has 3 rings (SSSR count). The summed E-state index contributed by atoms with van der Waals surface area (Å²) >= 11 is 0. The van der Waals surface area contributed by atoms with Gasteiger partial charge < -0.3 is 16.0 Å². The number of nitrogens with two attached hydrogens (primary N) is 1. The highest BCUT2D eigenvalue weighted by atomic mass is 16.2. The maximum absolute atomic E-state index is 12.5. The maximum atomic E-state index is 12.5. The number of carbonyl (C=O) groups is 2. The Labute approximate surface area is 184 Å². The van der Waals surface area contributed by atoms with Gasteiger partial charge in [-0.05, 0) is 18.1 Å². The van der Waals surface area contributed by atoms with Crippen molar-refractivity contribution < 1.29 is 9.59 Å². The van der Waals surface area contributed by atoms with Gasteiger partial charge in [0.1, 0.15) is 5.54 Å². The van der Waals surface area contributed by atoms with Crippen LogP contribution in [0.15, 0.2) is 54.6 Å². The first-order valence-corrected chi connectivity index (χ1v) is 10.5. The first-order valence-electron chi connectivity index (χ1n) is 10.5. The van der Waals surface area contributed by atoms with E-state index in [1.54, 1.807) is 13.8 Å². The second-order valence-corrected chi connectivity index (χ2v) is 8.71. The number of nitrogens with zero attached hydrogens (tertiary/aromatic N) is 2. The average molecular weight is 418 g/mol. The first-order chi connectivity index (χ1) is 14.8. The fourth-order valence-electron chi connectivity index (χ4n) is 3.74. The van der Waals surface area contributed by atoms with Crippen molar-refractivity contribution in [1.82, 2.24) is 5.32 Å². The van der Waals surface area contributed by atoms with Crippen LogP contribution >= 0.6 is 0 Å². The van der Waals surface area contributed by atoms with Crippen LogP contribution in [0.5, 0.6) is 0 Å². The van der Waals surface area contributed by atoms with Crippen LogP contribution in [-0.2, 0) is 9.59 Å². The van der Waals surface area contributed by atoms with Gasteiger partial charge >= 0.3 is 0 Å². The molecule has 31 heavy (non-hydrogen) atoms. The van der Waals surface area contributed by atoms with Gasteiger partial charge in [0.05, 0.1) is 12.5 Å². The van der Waals surface area contributed by atoms with Gasteiger partial charge in [-0.2, -0.15) is 5.26 Å². The Morgan fingerprint density at radius 1 is 1.13 bits per heavy atom. The molecule has 1 fully saturated rings. The number of nitriles is 1. The summed E-state index contributed by atoms with van der Waals surface area (Å²) in [5.74, 6) is -0.800. The van der Waals surface area contributed by atoms with Crippen LogP contribution in [0.2, 0.25) is 0 Å². The Morgan fingerprint density at radius 3 is 2.35 bits per heavy atom. The molecule has 0 unspecified atom stereocenters. The van der Waals surface area contributed by atoms with Crippen molar-refractivity contribution in [2.75, 3.05) is 18.0 Å². The zero-order valence-electron chi connectivity index (χ0n) is 18.1. The number of rotatable bonds is 7. The Bertz CT molecular complexity index is 971. The topological polar surface area (TPSA) is 99.2 Å². The van der Waals surface area contributed by atoms with Crippen LogP contribution in [0.25, 0.3) is 11.1 Å². The Balaban J connectivity index is 1.66. The number of hydrogen-bond acceptors (Lipinski definition) is 4. The Morgan fingerprint density at radius 2 is 1.74 bits per heavy atom. The van der Waals surface area contributed by atoms with Gasteiger partial charge in [-0.3, -0.25) is 9.59 Å². The molecular weight excluding hydrogens is 388 g/mol. The van der Waals surface area contributed by atoms with E-state index < -0.39 is 16.9 Å². The number of anilines is 1. The van der Waals surface area contributed by atoms with E-state index in [0.29, 0.717) is 25.9 Å². The smallest absolute Gasteiger partial charge is 0.225 e. The molecule has 0 aliphatic carbocycles. The second kappa shape index (κ2) is 9.22. The van der Waals surface area contributed by atoms with E-state index in [1.165, 1.54) is 6.42 Å². The van der Waals surface area contributed by atoms with E-state index in [9.17, 15) is 14.9 Å². The number of para-hydroxylation sites is 1. The van der Waals surface area contributed by atoms with Gasteiger partial charge in [-0.1, -0.05) is 62.4 Å². The van der Waals surface area contributed by atoms with E-state index >= 15 is 0 Å². The lowest BCUT2D eigenvalue weighted by atomic mass is 9.85. The molecule has 1 saturated heterocycles.